The summed E-state index contributed by atoms with van der Waals surface area (Å²) in [7, 11) is 3.61. The van der Waals surface area contributed by atoms with Crippen LogP contribution in [0.25, 0.3) is 0 Å². The molecule has 1 aromatic rings. The number of hydrogen-bond acceptors (Lipinski definition) is 7. The molecule has 1 aliphatic carbocycles. The Morgan fingerprint density at radius 2 is 1.96 bits per heavy atom. The number of rotatable bonds is 3. The van der Waals surface area contributed by atoms with Crippen LogP contribution in [0.2, 0.25) is 0 Å². The van der Waals surface area contributed by atoms with Crippen LogP contribution in [-0.4, -0.2) is 34.8 Å². The van der Waals surface area contributed by atoms with E-state index in [4.69, 9.17) is 5.73 Å². The molecule has 2 N–H and O–H groups in total. The number of hydrazine groups is 1. The normalized spacial score (nSPS) is 20.3. The predicted molar refractivity (Wildman–Crippen MR) is 94.1 cm³/mol. The number of nitrogens with two attached hydrogens (primary N) is 1. The summed E-state index contributed by atoms with van der Waals surface area (Å²) in [6.45, 7) is 0. The third-order valence-electron chi connectivity index (χ3n) is 4.72. The molecule has 1 heterocycles. The molecule has 0 spiro atoms. The number of ketones is 1. The maximum Gasteiger partial charge on any atom is 0.269 e. The molecule has 26 heavy (non-hydrogen) atoms. The van der Waals surface area contributed by atoms with Gasteiger partial charge in [0.25, 0.3) is 5.69 Å². The summed E-state index contributed by atoms with van der Waals surface area (Å²) in [5.41, 5.74) is 8.52. The van der Waals surface area contributed by atoms with Crippen LogP contribution in [0, 0.1) is 21.4 Å². The zero-order valence-electron chi connectivity index (χ0n) is 14.6. The number of carbonyl (C=O) groups excluding carboxylic acids is 1. The Balaban J connectivity index is 2.21. The maximum atomic E-state index is 12.7. The molecule has 134 valence electrons. The number of hydrogen-bond donors (Lipinski definition) is 1. The topological polar surface area (TPSA) is 116 Å². The first kappa shape index (κ1) is 17.6. The first-order valence-electron chi connectivity index (χ1n) is 8.24. The van der Waals surface area contributed by atoms with Gasteiger partial charge in [-0.2, -0.15) is 5.26 Å². The largest absolute Gasteiger partial charge is 0.383 e. The van der Waals surface area contributed by atoms with Gasteiger partial charge in [0.2, 0.25) is 0 Å². The van der Waals surface area contributed by atoms with Crippen molar-refractivity contribution in [1.29, 1.82) is 5.26 Å². The monoisotopic (exact) mass is 353 g/mol. The molecule has 1 atom stereocenters. The summed E-state index contributed by atoms with van der Waals surface area (Å²) in [4.78, 5) is 23.2. The van der Waals surface area contributed by atoms with E-state index in [-0.39, 0.29) is 22.9 Å². The van der Waals surface area contributed by atoms with E-state index in [1.807, 2.05) is 0 Å². The fourth-order valence-electron chi connectivity index (χ4n) is 3.65. The van der Waals surface area contributed by atoms with Crippen LogP contribution in [0.4, 0.5) is 5.69 Å². The highest BCUT2D eigenvalue weighted by molar-refractivity contribution is 5.99. The van der Waals surface area contributed by atoms with Crippen molar-refractivity contribution in [3.8, 4) is 6.07 Å². The molecule has 0 amide bonds. The van der Waals surface area contributed by atoms with E-state index in [0.29, 0.717) is 24.0 Å². The van der Waals surface area contributed by atoms with Crippen molar-refractivity contribution in [1.82, 2.24) is 10.0 Å². The molecule has 0 fully saturated rings. The first-order valence-corrected chi connectivity index (χ1v) is 8.24. The van der Waals surface area contributed by atoms with E-state index in [2.05, 4.69) is 6.07 Å². The van der Waals surface area contributed by atoms with Crippen LogP contribution < -0.4 is 5.73 Å². The van der Waals surface area contributed by atoms with Crippen LogP contribution in [0.15, 0.2) is 46.9 Å². The first-order chi connectivity index (χ1) is 12.4. The second-order valence-electron chi connectivity index (χ2n) is 6.49. The highest BCUT2D eigenvalue weighted by atomic mass is 16.6. The van der Waals surface area contributed by atoms with Crippen LogP contribution in [0.1, 0.15) is 30.7 Å². The molecule has 1 aromatic carbocycles. The van der Waals surface area contributed by atoms with Gasteiger partial charge in [-0.1, -0.05) is 12.1 Å². The molecule has 0 saturated heterocycles. The van der Waals surface area contributed by atoms with Crippen LogP contribution >= 0.6 is 0 Å². The van der Waals surface area contributed by atoms with Crippen molar-refractivity contribution < 1.29 is 9.72 Å². The Labute approximate surface area is 150 Å². The lowest BCUT2D eigenvalue weighted by molar-refractivity contribution is -0.384. The number of nitro benzene ring substituents is 1. The number of nitro groups is 1. The lowest BCUT2D eigenvalue weighted by Gasteiger charge is -2.42. The summed E-state index contributed by atoms with van der Waals surface area (Å²) in [5, 5.41) is 24.1. The smallest absolute Gasteiger partial charge is 0.269 e. The summed E-state index contributed by atoms with van der Waals surface area (Å²) in [5.74, 6) is -0.323. The van der Waals surface area contributed by atoms with Gasteiger partial charge in [0.15, 0.2) is 5.78 Å². The van der Waals surface area contributed by atoms with E-state index in [1.165, 1.54) is 12.1 Å². The average molecular weight is 353 g/mol. The van der Waals surface area contributed by atoms with Gasteiger partial charge in [-0.05, 0) is 18.4 Å². The minimum atomic E-state index is -0.597. The quantitative estimate of drug-likeness (QED) is 0.654. The predicted octanol–water partition coefficient (Wildman–Crippen LogP) is 2.17. The van der Waals surface area contributed by atoms with Gasteiger partial charge in [0.1, 0.15) is 5.82 Å². The third kappa shape index (κ3) is 2.72. The molecular weight excluding hydrogens is 334 g/mol. The molecule has 0 aromatic heterocycles. The third-order valence-corrected chi connectivity index (χ3v) is 4.72. The number of nitriles is 1. The second-order valence-corrected chi connectivity index (χ2v) is 6.49. The van der Waals surface area contributed by atoms with E-state index >= 15 is 0 Å². The van der Waals surface area contributed by atoms with Crippen molar-refractivity contribution >= 4 is 11.5 Å². The molecule has 0 saturated carbocycles. The summed E-state index contributed by atoms with van der Waals surface area (Å²) < 4.78 is 0. The van der Waals surface area contributed by atoms with Gasteiger partial charge in [0.05, 0.1) is 22.5 Å². The Hall–Kier alpha value is -3.18. The Kier molecular flexibility index (Phi) is 4.49. The van der Waals surface area contributed by atoms with Gasteiger partial charge in [-0.15, -0.1) is 0 Å². The molecule has 0 bridgehead atoms. The van der Waals surface area contributed by atoms with Crippen LogP contribution in [-0.2, 0) is 4.79 Å². The lowest BCUT2D eigenvalue weighted by Crippen LogP contribution is -2.45. The molecule has 0 unspecified atom stereocenters. The number of non-ortho nitro benzene ring substituents is 1. The van der Waals surface area contributed by atoms with Gasteiger partial charge in [-0.25, -0.2) is 5.01 Å². The molecule has 1 aliphatic heterocycles. The molecule has 0 radical (unpaired) electrons. The van der Waals surface area contributed by atoms with Crippen molar-refractivity contribution in [2.24, 2.45) is 5.73 Å². The van der Waals surface area contributed by atoms with E-state index in [9.17, 15) is 20.2 Å². The molecule has 2 aliphatic rings. The zero-order chi connectivity index (χ0) is 19.0. The lowest BCUT2D eigenvalue weighted by atomic mass is 9.76. The van der Waals surface area contributed by atoms with Crippen molar-refractivity contribution in [2.75, 3.05) is 14.1 Å². The molecule has 8 heteroatoms. The van der Waals surface area contributed by atoms with Gasteiger partial charge in [0, 0.05) is 43.9 Å². The van der Waals surface area contributed by atoms with E-state index in [1.54, 1.807) is 36.2 Å². The van der Waals surface area contributed by atoms with Crippen molar-refractivity contribution in [2.45, 2.75) is 25.2 Å². The summed E-state index contributed by atoms with van der Waals surface area (Å²) in [6.07, 6.45) is 1.83. The number of benzene rings is 1. The van der Waals surface area contributed by atoms with Gasteiger partial charge < -0.3 is 5.73 Å². The minimum Gasteiger partial charge on any atom is -0.383 e. The second kappa shape index (κ2) is 6.61. The minimum absolute atomic E-state index is 0.0123. The SMILES string of the molecule is CN(C)N1C(N)=C(C#N)[C@H](c2ccc([N+](=O)[O-])cc2)C2=C1CCCC2=O. The van der Waals surface area contributed by atoms with E-state index < -0.39 is 10.8 Å². The fourth-order valence-corrected chi connectivity index (χ4v) is 3.65. The summed E-state index contributed by atoms with van der Waals surface area (Å²) >= 11 is 0. The highest BCUT2D eigenvalue weighted by Crippen LogP contribution is 2.44. The molecule has 8 nitrogen and oxygen atoms in total. The maximum absolute atomic E-state index is 12.7. The number of allylic oxidation sites excluding steroid dienone is 3. The molecule has 3 rings (SSSR count). The Bertz CT molecular complexity index is 877. The van der Waals surface area contributed by atoms with Gasteiger partial charge >= 0.3 is 0 Å². The van der Waals surface area contributed by atoms with E-state index in [0.717, 1.165) is 12.1 Å². The number of nitrogens with zero attached hydrogens (tertiary/aromatic N) is 4. The summed E-state index contributed by atoms with van der Waals surface area (Å²) in [6, 6.07) is 8.08. The highest BCUT2D eigenvalue weighted by Gasteiger charge is 2.40. The zero-order valence-corrected chi connectivity index (χ0v) is 14.6. The van der Waals surface area contributed by atoms with Gasteiger partial charge in [-0.3, -0.25) is 19.9 Å². The number of Topliss-reactive ketones (excluding diaryl/α,β-unsaturated/α-hetero) is 1. The fraction of sp³-hybridized carbons (Fsp3) is 0.333. The Morgan fingerprint density at radius 3 is 2.50 bits per heavy atom. The van der Waals surface area contributed by atoms with Crippen LogP contribution in [0.3, 0.4) is 0 Å². The van der Waals surface area contributed by atoms with Crippen molar-refractivity contribution in [3.63, 3.8) is 0 Å². The average Bonchev–Trinajstić information content (AvgIpc) is 2.60. The van der Waals surface area contributed by atoms with Crippen LogP contribution in [0.5, 0.6) is 0 Å². The molecular formula is C18H19N5O3. The van der Waals surface area contributed by atoms with Crippen molar-refractivity contribution in [3.05, 3.63) is 62.6 Å². The number of carbonyl (C=O) groups is 1. The Morgan fingerprint density at radius 1 is 1.31 bits per heavy atom. The standard InChI is InChI=1S/C18H19N5O3/c1-21(2)22-14-4-3-5-15(24)17(14)16(13(10-19)18(22)20)11-6-8-12(9-7-11)23(25)26/h6-9,16H,3-5,20H2,1-2H3/t16-/m0/s1.